The van der Waals surface area contributed by atoms with E-state index in [1.807, 2.05) is 31.2 Å². The van der Waals surface area contributed by atoms with Crippen LogP contribution in [0.3, 0.4) is 0 Å². The topological polar surface area (TPSA) is 55.1 Å². The molecule has 0 saturated carbocycles. The zero-order valence-corrected chi connectivity index (χ0v) is 9.15. The quantitative estimate of drug-likeness (QED) is 0.839. The third-order valence-electron chi connectivity index (χ3n) is 2.12. The fourth-order valence-electron chi connectivity index (χ4n) is 1.28. The lowest BCUT2D eigenvalue weighted by Crippen LogP contribution is -2.11. The van der Waals surface area contributed by atoms with E-state index in [-0.39, 0.29) is 11.8 Å². The second-order valence-electron chi connectivity index (χ2n) is 3.60. The highest BCUT2D eigenvalue weighted by atomic mass is 16.4. The van der Waals surface area contributed by atoms with Crippen LogP contribution in [0.4, 0.5) is 5.69 Å². The van der Waals surface area contributed by atoms with E-state index < -0.39 is 0 Å². The van der Waals surface area contributed by atoms with Crippen molar-refractivity contribution < 1.29 is 9.21 Å². The summed E-state index contributed by atoms with van der Waals surface area (Å²) in [5, 5.41) is 2.70. The molecule has 1 aromatic carbocycles. The molecular weight excluding hydrogens is 204 g/mol. The van der Waals surface area contributed by atoms with E-state index in [1.54, 1.807) is 6.92 Å². The number of anilines is 1. The van der Waals surface area contributed by atoms with Gasteiger partial charge in [-0.15, -0.1) is 0 Å². The largest absolute Gasteiger partial charge is 0.438 e. The fraction of sp³-hybridized carbons (Fsp3) is 0.167. The minimum absolute atomic E-state index is 0.0816. The molecule has 2 rings (SSSR count). The van der Waals surface area contributed by atoms with E-state index in [0.717, 1.165) is 11.3 Å². The van der Waals surface area contributed by atoms with E-state index in [9.17, 15) is 4.79 Å². The van der Waals surface area contributed by atoms with Crippen molar-refractivity contribution in [1.29, 1.82) is 0 Å². The maximum atomic E-state index is 11.6. The van der Waals surface area contributed by atoms with Crippen molar-refractivity contribution in [2.75, 3.05) is 5.32 Å². The molecule has 0 bridgehead atoms. The van der Waals surface area contributed by atoms with Gasteiger partial charge in [0.1, 0.15) is 5.76 Å². The number of benzene rings is 1. The van der Waals surface area contributed by atoms with E-state index in [0.29, 0.717) is 5.76 Å². The van der Waals surface area contributed by atoms with Crippen LogP contribution >= 0.6 is 0 Å². The molecule has 2 aromatic rings. The van der Waals surface area contributed by atoms with Crippen molar-refractivity contribution in [1.82, 2.24) is 4.98 Å². The van der Waals surface area contributed by atoms with E-state index in [4.69, 9.17) is 4.42 Å². The van der Waals surface area contributed by atoms with Crippen LogP contribution in [-0.2, 0) is 0 Å². The highest BCUT2D eigenvalue weighted by molar-refractivity contribution is 6.00. The second-order valence-corrected chi connectivity index (χ2v) is 3.60. The first-order chi connectivity index (χ1) is 7.65. The molecule has 1 heterocycles. The van der Waals surface area contributed by atoms with Crippen LogP contribution in [0.1, 0.15) is 22.0 Å². The Morgan fingerprint density at radius 3 is 2.50 bits per heavy atom. The summed E-state index contributed by atoms with van der Waals surface area (Å²) in [6, 6.07) is 7.53. The van der Waals surface area contributed by atoms with Gasteiger partial charge in [0.2, 0.25) is 0 Å². The van der Waals surface area contributed by atoms with Gasteiger partial charge in [0.05, 0.1) is 6.20 Å². The van der Waals surface area contributed by atoms with Gasteiger partial charge < -0.3 is 9.73 Å². The molecule has 1 N–H and O–H groups in total. The maximum Gasteiger partial charge on any atom is 0.311 e. The highest BCUT2D eigenvalue weighted by Crippen LogP contribution is 2.10. The number of carbonyl (C=O) groups is 1. The molecule has 0 aliphatic rings. The molecule has 4 heteroatoms. The molecule has 0 spiro atoms. The normalized spacial score (nSPS) is 10.1. The first-order valence-electron chi connectivity index (χ1n) is 4.95. The van der Waals surface area contributed by atoms with Gasteiger partial charge >= 0.3 is 5.91 Å². The number of amides is 1. The maximum absolute atomic E-state index is 11.6. The molecular formula is C12H12N2O2. The molecule has 0 unspecified atom stereocenters. The molecule has 0 radical (unpaired) electrons. The summed E-state index contributed by atoms with van der Waals surface area (Å²) < 4.78 is 5.12. The molecule has 0 saturated heterocycles. The number of aromatic nitrogens is 1. The van der Waals surface area contributed by atoms with E-state index in [1.165, 1.54) is 6.20 Å². The predicted molar refractivity (Wildman–Crippen MR) is 60.4 cm³/mol. The smallest absolute Gasteiger partial charge is 0.311 e. The minimum Gasteiger partial charge on any atom is -0.438 e. The Bertz CT molecular complexity index is 500. The van der Waals surface area contributed by atoms with Crippen LogP contribution in [0.2, 0.25) is 0 Å². The Kier molecular flexibility index (Phi) is 2.72. The minimum atomic E-state index is -0.336. The summed E-state index contributed by atoms with van der Waals surface area (Å²) in [6.45, 7) is 3.73. The van der Waals surface area contributed by atoms with Crippen molar-refractivity contribution in [3.05, 3.63) is 47.7 Å². The number of carbonyl (C=O) groups excluding carboxylic acids is 1. The molecule has 0 aliphatic heterocycles. The van der Waals surface area contributed by atoms with Gasteiger partial charge in [-0.1, -0.05) is 17.7 Å². The third kappa shape index (κ3) is 2.28. The molecule has 0 atom stereocenters. The molecule has 1 aromatic heterocycles. The number of aryl methyl sites for hydroxylation is 2. The second kappa shape index (κ2) is 4.18. The fourth-order valence-corrected chi connectivity index (χ4v) is 1.28. The van der Waals surface area contributed by atoms with Crippen LogP contribution in [0.25, 0.3) is 0 Å². The zero-order valence-electron chi connectivity index (χ0n) is 9.15. The van der Waals surface area contributed by atoms with Gasteiger partial charge in [-0.2, -0.15) is 0 Å². The van der Waals surface area contributed by atoms with Gasteiger partial charge in [-0.05, 0) is 26.0 Å². The van der Waals surface area contributed by atoms with Crippen molar-refractivity contribution in [2.45, 2.75) is 13.8 Å². The number of nitrogens with zero attached hydrogens (tertiary/aromatic N) is 1. The molecule has 4 nitrogen and oxygen atoms in total. The van der Waals surface area contributed by atoms with Crippen molar-refractivity contribution in [3.8, 4) is 0 Å². The number of oxazole rings is 1. The Morgan fingerprint density at radius 1 is 1.25 bits per heavy atom. The van der Waals surface area contributed by atoms with Crippen molar-refractivity contribution >= 4 is 11.6 Å². The number of hydrogen-bond acceptors (Lipinski definition) is 3. The summed E-state index contributed by atoms with van der Waals surface area (Å²) >= 11 is 0. The van der Waals surface area contributed by atoms with Crippen molar-refractivity contribution in [2.24, 2.45) is 0 Å². The third-order valence-corrected chi connectivity index (χ3v) is 2.12. The average molecular weight is 216 g/mol. The SMILES string of the molecule is Cc1ccc(NC(=O)c2ncc(C)o2)cc1. The Balaban J connectivity index is 2.10. The van der Waals surface area contributed by atoms with Crippen LogP contribution in [-0.4, -0.2) is 10.9 Å². The van der Waals surface area contributed by atoms with E-state index in [2.05, 4.69) is 10.3 Å². The van der Waals surface area contributed by atoms with Gasteiger partial charge in [0.25, 0.3) is 5.89 Å². The molecule has 0 fully saturated rings. The van der Waals surface area contributed by atoms with Gasteiger partial charge in [-0.25, -0.2) is 4.98 Å². The monoisotopic (exact) mass is 216 g/mol. The van der Waals surface area contributed by atoms with Gasteiger partial charge in [0.15, 0.2) is 0 Å². The van der Waals surface area contributed by atoms with Crippen LogP contribution in [0.5, 0.6) is 0 Å². The first-order valence-corrected chi connectivity index (χ1v) is 4.95. The Labute approximate surface area is 93.3 Å². The standard InChI is InChI=1S/C12H12N2O2/c1-8-3-5-10(6-4-8)14-11(15)12-13-7-9(2)16-12/h3-7H,1-2H3,(H,14,15). The number of rotatable bonds is 2. The lowest BCUT2D eigenvalue weighted by molar-refractivity contribution is 0.0989. The molecule has 16 heavy (non-hydrogen) atoms. The van der Waals surface area contributed by atoms with Crippen molar-refractivity contribution in [3.63, 3.8) is 0 Å². The van der Waals surface area contributed by atoms with E-state index >= 15 is 0 Å². The predicted octanol–water partition coefficient (Wildman–Crippen LogP) is 2.54. The van der Waals surface area contributed by atoms with Crippen LogP contribution < -0.4 is 5.32 Å². The average Bonchev–Trinajstić information content (AvgIpc) is 2.68. The summed E-state index contributed by atoms with van der Waals surface area (Å²) in [5.41, 5.74) is 1.87. The summed E-state index contributed by atoms with van der Waals surface area (Å²) in [5.74, 6) is 0.365. The Morgan fingerprint density at radius 2 is 1.94 bits per heavy atom. The molecule has 82 valence electrons. The summed E-state index contributed by atoms with van der Waals surface area (Å²) in [7, 11) is 0. The highest BCUT2D eigenvalue weighted by Gasteiger charge is 2.11. The number of nitrogens with one attached hydrogen (secondary N) is 1. The zero-order chi connectivity index (χ0) is 11.5. The lowest BCUT2D eigenvalue weighted by Gasteiger charge is -2.02. The number of hydrogen-bond donors (Lipinski definition) is 1. The van der Waals surface area contributed by atoms with Crippen LogP contribution in [0, 0.1) is 13.8 Å². The summed E-state index contributed by atoms with van der Waals surface area (Å²) in [6.07, 6.45) is 1.52. The molecule has 0 aliphatic carbocycles. The van der Waals surface area contributed by atoms with Gasteiger partial charge in [0, 0.05) is 5.69 Å². The van der Waals surface area contributed by atoms with Crippen LogP contribution in [0.15, 0.2) is 34.9 Å². The van der Waals surface area contributed by atoms with Gasteiger partial charge in [-0.3, -0.25) is 4.79 Å². The first kappa shape index (κ1) is 10.4. The molecule has 1 amide bonds. The Hall–Kier alpha value is -2.10. The summed E-state index contributed by atoms with van der Waals surface area (Å²) in [4.78, 5) is 15.5. The lowest BCUT2D eigenvalue weighted by atomic mass is 10.2.